The van der Waals surface area contributed by atoms with Crippen molar-refractivity contribution < 1.29 is 0 Å². The molecule has 0 radical (unpaired) electrons. The van der Waals surface area contributed by atoms with Crippen LogP contribution in [-0.4, -0.2) is 17.7 Å². The Morgan fingerprint density at radius 2 is 2.27 bits per heavy atom. The molecule has 2 heteroatoms. The van der Waals surface area contributed by atoms with E-state index < -0.39 is 0 Å². The molecule has 2 nitrogen and oxygen atoms in total. The standard InChI is InChI=1S/C13H20N2/c1-2-13(9-14-6-1)15-7-5-12(10-15)8-11-3-4-11/h5,7,10-11,13-14H,1-4,6,8-9H2. The van der Waals surface area contributed by atoms with Gasteiger partial charge in [-0.05, 0) is 56.2 Å². The second kappa shape index (κ2) is 4.01. The first kappa shape index (κ1) is 9.46. The van der Waals surface area contributed by atoms with Gasteiger partial charge in [0, 0.05) is 25.0 Å². The van der Waals surface area contributed by atoms with Crippen molar-refractivity contribution in [2.75, 3.05) is 13.1 Å². The second-order valence-electron chi connectivity index (χ2n) is 5.11. The largest absolute Gasteiger partial charge is 0.350 e. The van der Waals surface area contributed by atoms with Crippen molar-refractivity contribution >= 4 is 0 Å². The van der Waals surface area contributed by atoms with Crippen molar-refractivity contribution in [2.24, 2.45) is 5.92 Å². The zero-order chi connectivity index (χ0) is 10.1. The molecule has 3 rings (SSSR count). The summed E-state index contributed by atoms with van der Waals surface area (Å²) in [5.41, 5.74) is 1.54. The van der Waals surface area contributed by atoms with E-state index in [0.717, 1.165) is 12.5 Å². The van der Waals surface area contributed by atoms with Crippen molar-refractivity contribution in [1.82, 2.24) is 9.88 Å². The summed E-state index contributed by atoms with van der Waals surface area (Å²) in [4.78, 5) is 0. The Balaban J connectivity index is 1.65. The fourth-order valence-electron chi connectivity index (χ4n) is 2.55. The molecule has 0 aromatic carbocycles. The Morgan fingerprint density at radius 3 is 3.00 bits per heavy atom. The summed E-state index contributed by atoms with van der Waals surface area (Å²) < 4.78 is 2.42. The van der Waals surface area contributed by atoms with Gasteiger partial charge < -0.3 is 9.88 Å². The lowest BCUT2D eigenvalue weighted by Crippen LogP contribution is -2.31. The molecule has 1 aromatic heterocycles. The molecule has 15 heavy (non-hydrogen) atoms. The van der Waals surface area contributed by atoms with Crippen LogP contribution in [0, 0.1) is 5.92 Å². The van der Waals surface area contributed by atoms with E-state index in [2.05, 4.69) is 28.3 Å². The molecule has 0 bridgehead atoms. The molecular weight excluding hydrogens is 184 g/mol. The minimum Gasteiger partial charge on any atom is -0.350 e. The van der Waals surface area contributed by atoms with Gasteiger partial charge in [0.15, 0.2) is 0 Å². The van der Waals surface area contributed by atoms with E-state index in [1.807, 2.05) is 0 Å². The van der Waals surface area contributed by atoms with Gasteiger partial charge in [-0.25, -0.2) is 0 Å². The minimum absolute atomic E-state index is 0.701. The van der Waals surface area contributed by atoms with Crippen LogP contribution in [0.15, 0.2) is 18.5 Å². The summed E-state index contributed by atoms with van der Waals surface area (Å²) in [6, 6.07) is 3.01. The number of piperidine rings is 1. The maximum absolute atomic E-state index is 3.47. The van der Waals surface area contributed by atoms with Crippen molar-refractivity contribution in [1.29, 1.82) is 0 Å². The van der Waals surface area contributed by atoms with Gasteiger partial charge in [0.05, 0.1) is 0 Å². The molecule has 82 valence electrons. The molecule has 1 aliphatic carbocycles. The minimum atomic E-state index is 0.701. The molecule has 2 heterocycles. The summed E-state index contributed by atoms with van der Waals surface area (Å²) in [6.07, 6.45) is 11.5. The van der Waals surface area contributed by atoms with Crippen LogP contribution in [-0.2, 0) is 6.42 Å². The van der Waals surface area contributed by atoms with Gasteiger partial charge in [0.25, 0.3) is 0 Å². The number of hydrogen-bond donors (Lipinski definition) is 1. The van der Waals surface area contributed by atoms with Gasteiger partial charge in [-0.2, -0.15) is 0 Å². The van der Waals surface area contributed by atoms with Gasteiger partial charge in [-0.3, -0.25) is 0 Å². The van der Waals surface area contributed by atoms with Crippen LogP contribution >= 0.6 is 0 Å². The summed E-state index contributed by atoms with van der Waals surface area (Å²) in [5.74, 6) is 1.00. The van der Waals surface area contributed by atoms with Gasteiger partial charge in [0.2, 0.25) is 0 Å². The molecule has 1 unspecified atom stereocenters. The molecule has 1 N–H and O–H groups in total. The normalized spacial score (nSPS) is 26.8. The number of hydrogen-bond acceptors (Lipinski definition) is 1. The highest BCUT2D eigenvalue weighted by molar-refractivity contribution is 5.13. The van der Waals surface area contributed by atoms with Crippen LogP contribution in [0.4, 0.5) is 0 Å². The smallest absolute Gasteiger partial charge is 0.0455 e. The quantitative estimate of drug-likeness (QED) is 0.800. The summed E-state index contributed by atoms with van der Waals surface area (Å²) in [7, 11) is 0. The van der Waals surface area contributed by atoms with Crippen LogP contribution in [0.3, 0.4) is 0 Å². The molecule has 1 aromatic rings. The number of rotatable bonds is 3. The predicted molar refractivity (Wildman–Crippen MR) is 62.0 cm³/mol. The fraction of sp³-hybridized carbons (Fsp3) is 0.692. The maximum Gasteiger partial charge on any atom is 0.0455 e. The molecule has 2 aliphatic rings. The van der Waals surface area contributed by atoms with E-state index in [1.54, 1.807) is 5.56 Å². The van der Waals surface area contributed by atoms with E-state index >= 15 is 0 Å². The van der Waals surface area contributed by atoms with Gasteiger partial charge in [-0.1, -0.05) is 0 Å². The molecule has 1 saturated carbocycles. The SMILES string of the molecule is c1cn(C2CCCNC2)cc1CC1CC1. The predicted octanol–water partition coefficient (Wildman–Crippen LogP) is 2.37. The van der Waals surface area contributed by atoms with E-state index in [0.29, 0.717) is 6.04 Å². The molecule has 2 fully saturated rings. The highest BCUT2D eigenvalue weighted by Gasteiger charge is 2.22. The van der Waals surface area contributed by atoms with Crippen molar-refractivity contribution in [3.63, 3.8) is 0 Å². The topological polar surface area (TPSA) is 17.0 Å². The lowest BCUT2D eigenvalue weighted by atomic mass is 10.1. The average Bonchev–Trinajstić information content (AvgIpc) is 2.96. The second-order valence-corrected chi connectivity index (χ2v) is 5.11. The Bertz CT molecular complexity index is 319. The third kappa shape index (κ3) is 2.25. The van der Waals surface area contributed by atoms with E-state index in [-0.39, 0.29) is 0 Å². The van der Waals surface area contributed by atoms with E-state index in [4.69, 9.17) is 0 Å². The van der Waals surface area contributed by atoms with Gasteiger partial charge in [0.1, 0.15) is 0 Å². The Morgan fingerprint density at radius 1 is 1.33 bits per heavy atom. The van der Waals surface area contributed by atoms with E-state index in [9.17, 15) is 0 Å². The summed E-state index contributed by atoms with van der Waals surface area (Å²) in [6.45, 7) is 2.35. The van der Waals surface area contributed by atoms with Crippen LogP contribution in [0.5, 0.6) is 0 Å². The van der Waals surface area contributed by atoms with Crippen molar-refractivity contribution in [2.45, 2.75) is 38.1 Å². The third-order valence-corrected chi connectivity index (χ3v) is 3.69. The highest BCUT2D eigenvalue weighted by atomic mass is 15.0. The summed E-state index contributed by atoms with van der Waals surface area (Å²) >= 11 is 0. The lowest BCUT2D eigenvalue weighted by Gasteiger charge is -2.24. The highest BCUT2D eigenvalue weighted by Crippen LogP contribution is 2.33. The third-order valence-electron chi connectivity index (χ3n) is 3.69. The maximum atomic E-state index is 3.47. The van der Waals surface area contributed by atoms with Crippen LogP contribution in [0.2, 0.25) is 0 Å². The Kier molecular flexibility index (Phi) is 2.53. The Hall–Kier alpha value is -0.760. The van der Waals surface area contributed by atoms with Crippen molar-refractivity contribution in [3.8, 4) is 0 Å². The first-order chi connectivity index (χ1) is 7.42. The first-order valence-electron chi connectivity index (χ1n) is 6.29. The molecule has 0 amide bonds. The van der Waals surface area contributed by atoms with Crippen molar-refractivity contribution in [3.05, 3.63) is 24.0 Å². The lowest BCUT2D eigenvalue weighted by molar-refractivity contribution is 0.372. The number of nitrogens with zero attached hydrogens (tertiary/aromatic N) is 1. The van der Waals surface area contributed by atoms with Crippen LogP contribution < -0.4 is 5.32 Å². The molecule has 1 aliphatic heterocycles. The van der Waals surface area contributed by atoms with Gasteiger partial charge >= 0.3 is 0 Å². The zero-order valence-electron chi connectivity index (χ0n) is 9.28. The molecule has 1 saturated heterocycles. The summed E-state index contributed by atoms with van der Waals surface area (Å²) in [5, 5.41) is 3.47. The average molecular weight is 204 g/mol. The number of aromatic nitrogens is 1. The molecule has 0 spiro atoms. The number of nitrogens with one attached hydrogen (secondary N) is 1. The first-order valence-corrected chi connectivity index (χ1v) is 6.29. The zero-order valence-corrected chi connectivity index (χ0v) is 9.28. The molecular formula is C13H20N2. The van der Waals surface area contributed by atoms with Crippen LogP contribution in [0.1, 0.15) is 37.3 Å². The molecule has 1 atom stereocenters. The monoisotopic (exact) mass is 204 g/mol. The Labute approximate surface area is 91.7 Å². The fourth-order valence-corrected chi connectivity index (χ4v) is 2.55. The van der Waals surface area contributed by atoms with Gasteiger partial charge in [-0.15, -0.1) is 0 Å². The van der Waals surface area contributed by atoms with Crippen LogP contribution in [0.25, 0.3) is 0 Å². The van der Waals surface area contributed by atoms with E-state index in [1.165, 1.54) is 38.6 Å².